The zero-order chi connectivity index (χ0) is 11.7. The zero-order valence-electron chi connectivity index (χ0n) is 9.86. The first-order valence-corrected chi connectivity index (χ1v) is 5.71. The molecule has 16 heavy (non-hydrogen) atoms. The highest BCUT2D eigenvalue weighted by Crippen LogP contribution is 2.49. The predicted molar refractivity (Wildman–Crippen MR) is 60.6 cm³/mol. The lowest BCUT2D eigenvalue weighted by molar-refractivity contribution is -0.135. The molecule has 0 heterocycles. The van der Waals surface area contributed by atoms with E-state index in [0.29, 0.717) is 23.3 Å². The van der Waals surface area contributed by atoms with Gasteiger partial charge in [0.05, 0.1) is 6.61 Å². The van der Waals surface area contributed by atoms with Crippen LogP contribution in [0.15, 0.2) is 24.0 Å². The highest BCUT2D eigenvalue weighted by atomic mass is 16.5. The summed E-state index contributed by atoms with van der Waals surface area (Å²) in [5.41, 5.74) is 0.451. The highest BCUT2D eigenvalue weighted by Gasteiger charge is 2.44. The van der Waals surface area contributed by atoms with Crippen LogP contribution >= 0.6 is 0 Å². The summed E-state index contributed by atoms with van der Waals surface area (Å²) in [5, 5.41) is 0. The number of hydrogen-bond donors (Lipinski definition) is 0. The van der Waals surface area contributed by atoms with Crippen LogP contribution in [0.4, 0.5) is 0 Å². The lowest BCUT2D eigenvalue weighted by Gasteiger charge is -2.17. The van der Waals surface area contributed by atoms with Crippen LogP contribution < -0.4 is 0 Å². The van der Waals surface area contributed by atoms with Crippen LogP contribution in [-0.4, -0.2) is 19.7 Å². The van der Waals surface area contributed by atoms with Gasteiger partial charge in [-0.3, -0.25) is 0 Å². The minimum atomic E-state index is -0.310. The molecule has 3 nitrogen and oxygen atoms in total. The number of rotatable bonds is 4. The summed E-state index contributed by atoms with van der Waals surface area (Å²) in [6.45, 7) is 6.01. The van der Waals surface area contributed by atoms with Gasteiger partial charge in [-0.1, -0.05) is 6.58 Å². The quantitative estimate of drug-likeness (QED) is 0.541. The maximum atomic E-state index is 11.4. The Labute approximate surface area is 96.1 Å². The maximum Gasteiger partial charge on any atom is 0.338 e. The van der Waals surface area contributed by atoms with Crippen molar-refractivity contribution in [3.05, 3.63) is 24.0 Å². The van der Waals surface area contributed by atoms with Crippen LogP contribution in [-0.2, 0) is 14.3 Å². The third-order valence-corrected chi connectivity index (χ3v) is 3.54. The molecule has 0 aromatic carbocycles. The normalized spacial score (nSPS) is 31.4. The number of ether oxygens (including phenoxy) is 2. The molecule has 0 spiro atoms. The number of carbonyl (C=O) groups is 1. The molecule has 2 aliphatic carbocycles. The van der Waals surface area contributed by atoms with E-state index in [1.54, 1.807) is 14.0 Å². The fraction of sp³-hybridized carbons (Fsp3) is 0.615. The second-order valence-electron chi connectivity index (χ2n) is 4.71. The van der Waals surface area contributed by atoms with E-state index in [1.807, 2.05) is 0 Å². The van der Waals surface area contributed by atoms with Crippen molar-refractivity contribution >= 4 is 5.97 Å². The SMILES string of the molecule is C=C(C)C(=O)OC1=CC2CCC1C2COC. The summed E-state index contributed by atoms with van der Waals surface area (Å²) in [6.07, 6.45) is 4.39. The van der Waals surface area contributed by atoms with Crippen LogP contribution in [0.2, 0.25) is 0 Å². The third kappa shape index (κ3) is 1.92. The molecule has 2 rings (SSSR count). The van der Waals surface area contributed by atoms with Gasteiger partial charge in [0, 0.05) is 18.6 Å². The van der Waals surface area contributed by atoms with Crippen molar-refractivity contribution in [2.45, 2.75) is 19.8 Å². The van der Waals surface area contributed by atoms with Gasteiger partial charge >= 0.3 is 5.97 Å². The van der Waals surface area contributed by atoms with Gasteiger partial charge in [0.15, 0.2) is 0 Å². The monoisotopic (exact) mass is 222 g/mol. The molecule has 3 atom stereocenters. The predicted octanol–water partition coefficient (Wildman–Crippen LogP) is 2.29. The van der Waals surface area contributed by atoms with Gasteiger partial charge in [-0.2, -0.15) is 0 Å². The fourth-order valence-electron chi connectivity index (χ4n) is 2.73. The zero-order valence-corrected chi connectivity index (χ0v) is 9.86. The van der Waals surface area contributed by atoms with Crippen molar-refractivity contribution in [3.63, 3.8) is 0 Å². The van der Waals surface area contributed by atoms with Gasteiger partial charge in [0.2, 0.25) is 0 Å². The van der Waals surface area contributed by atoms with E-state index >= 15 is 0 Å². The Morgan fingerprint density at radius 1 is 1.56 bits per heavy atom. The number of esters is 1. The largest absolute Gasteiger partial charge is 0.428 e. The molecular weight excluding hydrogens is 204 g/mol. The molecule has 88 valence electrons. The minimum Gasteiger partial charge on any atom is -0.428 e. The summed E-state index contributed by atoms with van der Waals surface area (Å²) < 4.78 is 10.6. The molecule has 3 heteroatoms. The van der Waals surface area contributed by atoms with Crippen molar-refractivity contribution in [2.75, 3.05) is 13.7 Å². The molecule has 0 radical (unpaired) electrons. The molecular formula is C13H18O3. The number of hydrogen-bond acceptors (Lipinski definition) is 3. The Kier molecular flexibility index (Phi) is 3.15. The fourth-order valence-corrected chi connectivity index (χ4v) is 2.73. The molecule has 0 N–H and O–H groups in total. The van der Waals surface area contributed by atoms with E-state index in [9.17, 15) is 4.79 Å². The van der Waals surface area contributed by atoms with E-state index < -0.39 is 0 Å². The Morgan fingerprint density at radius 3 is 2.94 bits per heavy atom. The van der Waals surface area contributed by atoms with Crippen molar-refractivity contribution in [1.82, 2.24) is 0 Å². The summed E-state index contributed by atoms with van der Waals surface area (Å²) in [7, 11) is 1.72. The van der Waals surface area contributed by atoms with E-state index in [4.69, 9.17) is 9.47 Å². The van der Waals surface area contributed by atoms with Gasteiger partial charge in [0.25, 0.3) is 0 Å². The standard InChI is InChI=1S/C13H18O3/c1-8(2)13(14)16-12-6-9-4-5-10(12)11(9)7-15-3/h6,9-11H,1,4-5,7H2,2-3H3. The first-order valence-electron chi connectivity index (χ1n) is 5.71. The Morgan fingerprint density at radius 2 is 2.31 bits per heavy atom. The molecule has 1 fully saturated rings. The average molecular weight is 222 g/mol. The van der Waals surface area contributed by atoms with Crippen LogP contribution in [0.1, 0.15) is 19.8 Å². The first-order chi connectivity index (χ1) is 7.63. The molecule has 0 amide bonds. The van der Waals surface area contributed by atoms with Crippen molar-refractivity contribution < 1.29 is 14.3 Å². The molecule has 2 bridgehead atoms. The van der Waals surface area contributed by atoms with Crippen molar-refractivity contribution in [1.29, 1.82) is 0 Å². The average Bonchev–Trinajstić information content (AvgIpc) is 2.75. The van der Waals surface area contributed by atoms with Crippen LogP contribution in [0.25, 0.3) is 0 Å². The Bertz CT molecular complexity index is 343. The molecule has 1 saturated carbocycles. The number of fused-ring (bicyclic) bond motifs is 2. The Balaban J connectivity index is 2.01. The van der Waals surface area contributed by atoms with E-state index in [0.717, 1.165) is 18.8 Å². The highest BCUT2D eigenvalue weighted by molar-refractivity contribution is 5.87. The summed E-state index contributed by atoms with van der Waals surface area (Å²) in [4.78, 5) is 11.4. The van der Waals surface area contributed by atoms with Gasteiger partial charge in [-0.25, -0.2) is 4.79 Å². The summed E-state index contributed by atoms with van der Waals surface area (Å²) in [6, 6.07) is 0. The number of carbonyl (C=O) groups excluding carboxylic acids is 1. The smallest absolute Gasteiger partial charge is 0.338 e. The van der Waals surface area contributed by atoms with E-state index in [1.165, 1.54) is 6.42 Å². The van der Waals surface area contributed by atoms with Gasteiger partial charge in [0.1, 0.15) is 5.76 Å². The molecule has 0 aromatic rings. The second-order valence-corrected chi connectivity index (χ2v) is 4.71. The van der Waals surface area contributed by atoms with Gasteiger partial charge < -0.3 is 9.47 Å². The van der Waals surface area contributed by atoms with E-state index in [-0.39, 0.29) is 5.97 Å². The van der Waals surface area contributed by atoms with Crippen LogP contribution in [0.3, 0.4) is 0 Å². The molecule has 0 saturated heterocycles. The number of allylic oxidation sites excluding steroid dienone is 2. The summed E-state index contributed by atoms with van der Waals surface area (Å²) in [5.74, 6) is 1.92. The molecule has 0 aliphatic heterocycles. The van der Waals surface area contributed by atoms with Crippen molar-refractivity contribution in [3.8, 4) is 0 Å². The molecule has 2 aliphatic rings. The lowest BCUT2D eigenvalue weighted by atomic mass is 9.97. The third-order valence-electron chi connectivity index (χ3n) is 3.54. The van der Waals surface area contributed by atoms with Crippen LogP contribution in [0.5, 0.6) is 0 Å². The second kappa shape index (κ2) is 4.42. The van der Waals surface area contributed by atoms with E-state index in [2.05, 4.69) is 12.7 Å². The topological polar surface area (TPSA) is 35.5 Å². The van der Waals surface area contributed by atoms with Gasteiger partial charge in [-0.15, -0.1) is 0 Å². The molecule has 3 unspecified atom stereocenters. The van der Waals surface area contributed by atoms with Gasteiger partial charge in [-0.05, 0) is 37.7 Å². The number of methoxy groups -OCH3 is 1. The maximum absolute atomic E-state index is 11.4. The Hall–Kier alpha value is -1.09. The summed E-state index contributed by atoms with van der Waals surface area (Å²) >= 11 is 0. The lowest BCUT2D eigenvalue weighted by Crippen LogP contribution is -2.17. The minimum absolute atomic E-state index is 0.310. The van der Waals surface area contributed by atoms with Crippen LogP contribution in [0, 0.1) is 17.8 Å². The first kappa shape index (κ1) is 11.4. The molecule has 0 aromatic heterocycles. The van der Waals surface area contributed by atoms with Crippen molar-refractivity contribution in [2.24, 2.45) is 17.8 Å².